The summed E-state index contributed by atoms with van der Waals surface area (Å²) in [5.74, 6) is 0.141. The first-order valence-corrected chi connectivity index (χ1v) is 5.32. The molecule has 0 aromatic heterocycles. The number of carbonyl (C=O) groups is 1. The second-order valence-corrected chi connectivity index (χ2v) is 3.76. The third-order valence-electron chi connectivity index (χ3n) is 2.57. The summed E-state index contributed by atoms with van der Waals surface area (Å²) in [6.07, 6.45) is 0. The van der Waals surface area contributed by atoms with Gasteiger partial charge in [0.2, 0.25) is 0 Å². The van der Waals surface area contributed by atoms with Gasteiger partial charge in [-0.2, -0.15) is 0 Å². The maximum absolute atomic E-state index is 12.1. The molecule has 2 aromatic carbocycles. The predicted molar refractivity (Wildman–Crippen MR) is 66.2 cm³/mol. The van der Waals surface area contributed by atoms with Crippen LogP contribution in [0.2, 0.25) is 0 Å². The molecule has 92 valence electrons. The Labute approximate surface area is 104 Å². The first-order valence-electron chi connectivity index (χ1n) is 5.32. The number of rotatable bonds is 3. The molecule has 0 spiro atoms. The summed E-state index contributed by atoms with van der Waals surface area (Å²) in [7, 11) is 1.42. The molecule has 18 heavy (non-hydrogen) atoms. The molecule has 0 saturated carbocycles. The summed E-state index contributed by atoms with van der Waals surface area (Å²) < 4.78 is 4.95. The molecule has 0 aliphatic carbocycles. The highest BCUT2D eigenvalue weighted by Gasteiger charge is 2.11. The van der Waals surface area contributed by atoms with Gasteiger partial charge in [0.1, 0.15) is 5.75 Å². The van der Waals surface area contributed by atoms with Crippen molar-refractivity contribution in [3.8, 4) is 17.2 Å². The fraction of sp³-hybridized carbons (Fsp3) is 0.0714. The zero-order valence-corrected chi connectivity index (χ0v) is 9.75. The minimum Gasteiger partial charge on any atom is -0.508 e. The van der Waals surface area contributed by atoms with Crippen molar-refractivity contribution in [1.82, 2.24) is 0 Å². The van der Waals surface area contributed by atoms with Gasteiger partial charge in [-0.1, -0.05) is 0 Å². The van der Waals surface area contributed by atoms with Gasteiger partial charge in [-0.3, -0.25) is 4.79 Å². The smallest absolute Gasteiger partial charge is 0.193 e. The van der Waals surface area contributed by atoms with Crippen LogP contribution in [0.25, 0.3) is 0 Å². The summed E-state index contributed by atoms with van der Waals surface area (Å²) in [6, 6.07) is 10.4. The number of hydrogen-bond acceptors (Lipinski definition) is 4. The standard InChI is InChI=1S/C14H12O4/c1-18-13-8-10(4-7-12(13)16)14(17)9-2-5-11(15)6-3-9/h2-8,15-16H,1H3. The van der Waals surface area contributed by atoms with Crippen LogP contribution in [0.3, 0.4) is 0 Å². The first kappa shape index (κ1) is 12.0. The largest absolute Gasteiger partial charge is 0.508 e. The van der Waals surface area contributed by atoms with Crippen LogP contribution >= 0.6 is 0 Å². The van der Waals surface area contributed by atoms with E-state index in [4.69, 9.17) is 9.84 Å². The van der Waals surface area contributed by atoms with Crippen molar-refractivity contribution in [2.24, 2.45) is 0 Å². The molecule has 4 nitrogen and oxygen atoms in total. The van der Waals surface area contributed by atoms with Crippen LogP contribution in [0, 0.1) is 0 Å². The minimum atomic E-state index is -0.201. The molecule has 0 aliphatic heterocycles. The number of aromatic hydroxyl groups is 2. The molecule has 0 bridgehead atoms. The quantitative estimate of drug-likeness (QED) is 0.813. The van der Waals surface area contributed by atoms with Crippen molar-refractivity contribution < 1.29 is 19.7 Å². The van der Waals surface area contributed by atoms with E-state index in [9.17, 15) is 9.90 Å². The maximum Gasteiger partial charge on any atom is 0.193 e. The van der Waals surface area contributed by atoms with Gasteiger partial charge in [-0.05, 0) is 42.5 Å². The molecule has 0 atom stereocenters. The second-order valence-electron chi connectivity index (χ2n) is 3.76. The number of phenols is 2. The van der Waals surface area contributed by atoms with Crippen LogP contribution in [-0.4, -0.2) is 23.1 Å². The third-order valence-corrected chi connectivity index (χ3v) is 2.57. The van der Waals surface area contributed by atoms with Crippen molar-refractivity contribution in [3.63, 3.8) is 0 Å². The lowest BCUT2D eigenvalue weighted by atomic mass is 10.0. The Kier molecular flexibility index (Phi) is 3.19. The van der Waals surface area contributed by atoms with E-state index in [1.54, 1.807) is 0 Å². The monoisotopic (exact) mass is 244 g/mol. The Morgan fingerprint density at radius 2 is 1.61 bits per heavy atom. The van der Waals surface area contributed by atoms with Crippen LogP contribution < -0.4 is 4.74 Å². The lowest BCUT2D eigenvalue weighted by Gasteiger charge is -2.06. The van der Waals surface area contributed by atoms with Gasteiger partial charge in [-0.25, -0.2) is 0 Å². The first-order chi connectivity index (χ1) is 8.61. The van der Waals surface area contributed by atoms with Gasteiger partial charge in [0.05, 0.1) is 7.11 Å². The van der Waals surface area contributed by atoms with E-state index < -0.39 is 0 Å². The van der Waals surface area contributed by atoms with E-state index in [0.29, 0.717) is 11.1 Å². The predicted octanol–water partition coefficient (Wildman–Crippen LogP) is 2.34. The fourth-order valence-electron chi connectivity index (χ4n) is 1.60. The molecule has 0 amide bonds. The van der Waals surface area contributed by atoms with Gasteiger partial charge in [0.25, 0.3) is 0 Å². The normalized spacial score (nSPS) is 10.1. The van der Waals surface area contributed by atoms with Crippen LogP contribution in [0.1, 0.15) is 15.9 Å². The topological polar surface area (TPSA) is 66.8 Å². The minimum absolute atomic E-state index is 0.0141. The van der Waals surface area contributed by atoms with E-state index in [0.717, 1.165) is 0 Å². The Hall–Kier alpha value is -2.49. The van der Waals surface area contributed by atoms with Crippen LogP contribution in [-0.2, 0) is 0 Å². The molecule has 0 fully saturated rings. The van der Waals surface area contributed by atoms with Crippen molar-refractivity contribution >= 4 is 5.78 Å². The molecule has 2 aromatic rings. The Bertz CT molecular complexity index is 573. The summed E-state index contributed by atoms with van der Waals surface area (Å²) in [5, 5.41) is 18.6. The molecule has 0 radical (unpaired) electrons. The molecule has 0 aliphatic rings. The average Bonchev–Trinajstić information content (AvgIpc) is 2.39. The molecule has 0 unspecified atom stereocenters. The summed E-state index contributed by atoms with van der Waals surface area (Å²) in [6.45, 7) is 0. The van der Waals surface area contributed by atoms with Gasteiger partial charge < -0.3 is 14.9 Å². The maximum atomic E-state index is 12.1. The van der Waals surface area contributed by atoms with Gasteiger partial charge in [-0.15, -0.1) is 0 Å². The zero-order valence-electron chi connectivity index (χ0n) is 9.75. The number of benzene rings is 2. The zero-order chi connectivity index (χ0) is 13.1. The molecule has 2 rings (SSSR count). The van der Waals surface area contributed by atoms with E-state index in [1.165, 1.54) is 49.6 Å². The molecular weight excluding hydrogens is 232 g/mol. The second kappa shape index (κ2) is 4.79. The van der Waals surface area contributed by atoms with E-state index >= 15 is 0 Å². The van der Waals surface area contributed by atoms with Crippen molar-refractivity contribution in [3.05, 3.63) is 53.6 Å². The van der Waals surface area contributed by atoms with Crippen LogP contribution in [0.4, 0.5) is 0 Å². The number of phenolic OH excluding ortho intramolecular Hbond substituents is 2. The Morgan fingerprint density at radius 1 is 1.00 bits per heavy atom. The van der Waals surface area contributed by atoms with Gasteiger partial charge >= 0.3 is 0 Å². The highest BCUT2D eigenvalue weighted by atomic mass is 16.5. The number of ether oxygens (including phenoxy) is 1. The van der Waals surface area contributed by atoms with Gasteiger partial charge in [0.15, 0.2) is 17.3 Å². The number of ketones is 1. The van der Waals surface area contributed by atoms with Gasteiger partial charge in [0, 0.05) is 11.1 Å². The van der Waals surface area contributed by atoms with Crippen molar-refractivity contribution in [1.29, 1.82) is 0 Å². The van der Waals surface area contributed by atoms with E-state index in [2.05, 4.69) is 0 Å². The summed E-state index contributed by atoms with van der Waals surface area (Å²) in [5.41, 5.74) is 0.871. The van der Waals surface area contributed by atoms with Crippen LogP contribution in [0.15, 0.2) is 42.5 Å². The average molecular weight is 244 g/mol. The highest BCUT2D eigenvalue weighted by molar-refractivity contribution is 6.09. The Morgan fingerprint density at radius 3 is 2.22 bits per heavy atom. The lowest BCUT2D eigenvalue weighted by Crippen LogP contribution is -2.01. The fourth-order valence-corrected chi connectivity index (χ4v) is 1.60. The third kappa shape index (κ3) is 2.27. The summed E-state index contributed by atoms with van der Waals surface area (Å²) in [4.78, 5) is 12.1. The number of methoxy groups -OCH3 is 1. The molecule has 0 saturated heterocycles. The number of carbonyl (C=O) groups excluding carboxylic acids is 1. The molecular formula is C14H12O4. The Balaban J connectivity index is 2.37. The van der Waals surface area contributed by atoms with Crippen molar-refractivity contribution in [2.45, 2.75) is 0 Å². The summed E-state index contributed by atoms with van der Waals surface area (Å²) >= 11 is 0. The molecule has 2 N–H and O–H groups in total. The molecule has 0 heterocycles. The van der Waals surface area contributed by atoms with Crippen LogP contribution in [0.5, 0.6) is 17.2 Å². The molecule has 4 heteroatoms. The number of hydrogen-bond donors (Lipinski definition) is 2. The SMILES string of the molecule is COc1cc(C(=O)c2ccc(O)cc2)ccc1O. The van der Waals surface area contributed by atoms with E-state index in [-0.39, 0.29) is 23.0 Å². The van der Waals surface area contributed by atoms with E-state index in [1.807, 2.05) is 0 Å². The lowest BCUT2D eigenvalue weighted by molar-refractivity contribution is 0.103. The van der Waals surface area contributed by atoms with Crippen molar-refractivity contribution in [2.75, 3.05) is 7.11 Å². The highest BCUT2D eigenvalue weighted by Crippen LogP contribution is 2.27.